The molecule has 9 heteroatoms. The lowest BCUT2D eigenvalue weighted by Gasteiger charge is -2.38. The predicted octanol–water partition coefficient (Wildman–Crippen LogP) is 0.466. The SMILES string of the molecule is CC1CN(C2CCN(C(C)C)CC2)C(=O)C1N(O)S(=O)OO. The van der Waals surface area contributed by atoms with E-state index in [2.05, 4.69) is 23.1 Å². The average molecular weight is 335 g/mol. The van der Waals surface area contributed by atoms with Crippen LogP contribution in [-0.2, 0) is 20.4 Å². The van der Waals surface area contributed by atoms with Gasteiger partial charge in [0.25, 0.3) is 11.3 Å². The van der Waals surface area contributed by atoms with Crippen LogP contribution < -0.4 is 0 Å². The maximum Gasteiger partial charge on any atom is 0.290 e. The Labute approximate surface area is 133 Å². The number of piperidine rings is 1. The van der Waals surface area contributed by atoms with E-state index in [1.165, 1.54) is 0 Å². The van der Waals surface area contributed by atoms with Gasteiger partial charge < -0.3 is 9.80 Å². The molecule has 3 atom stereocenters. The molecule has 0 bridgehead atoms. The molecule has 128 valence electrons. The lowest BCUT2D eigenvalue weighted by Crippen LogP contribution is -2.49. The number of carbonyl (C=O) groups is 1. The van der Waals surface area contributed by atoms with Crippen molar-refractivity contribution in [2.75, 3.05) is 19.6 Å². The molecule has 2 heterocycles. The zero-order valence-electron chi connectivity index (χ0n) is 13.2. The van der Waals surface area contributed by atoms with Crippen molar-refractivity contribution in [1.82, 2.24) is 14.3 Å². The first-order chi connectivity index (χ1) is 10.4. The van der Waals surface area contributed by atoms with E-state index in [1.54, 1.807) is 4.90 Å². The number of amides is 1. The zero-order chi connectivity index (χ0) is 16.4. The molecule has 0 aromatic heterocycles. The summed E-state index contributed by atoms with van der Waals surface area (Å²) in [6.45, 7) is 8.53. The molecule has 2 aliphatic rings. The fourth-order valence-corrected chi connectivity index (χ4v) is 3.95. The molecule has 2 fully saturated rings. The van der Waals surface area contributed by atoms with Crippen LogP contribution in [0.1, 0.15) is 33.6 Å². The van der Waals surface area contributed by atoms with Crippen molar-refractivity contribution in [2.24, 2.45) is 5.92 Å². The van der Waals surface area contributed by atoms with E-state index in [9.17, 15) is 14.2 Å². The second-order valence-electron chi connectivity index (χ2n) is 6.37. The van der Waals surface area contributed by atoms with Gasteiger partial charge in [-0.2, -0.15) is 0 Å². The lowest BCUT2D eigenvalue weighted by atomic mass is 10.0. The van der Waals surface area contributed by atoms with E-state index in [-0.39, 0.29) is 17.9 Å². The summed E-state index contributed by atoms with van der Waals surface area (Å²) < 4.78 is 15.2. The zero-order valence-corrected chi connectivity index (χ0v) is 14.0. The van der Waals surface area contributed by atoms with Gasteiger partial charge in [0.15, 0.2) is 0 Å². The van der Waals surface area contributed by atoms with Crippen LogP contribution in [-0.4, -0.2) is 72.6 Å². The minimum Gasteiger partial charge on any atom is -0.338 e. The first kappa shape index (κ1) is 17.8. The Kier molecular flexibility index (Phi) is 5.92. The van der Waals surface area contributed by atoms with E-state index in [0.717, 1.165) is 25.9 Å². The number of likely N-dealkylation sites (tertiary alicyclic amines) is 2. The summed E-state index contributed by atoms with van der Waals surface area (Å²) in [5.41, 5.74) is 0. The van der Waals surface area contributed by atoms with E-state index >= 15 is 0 Å². The minimum absolute atomic E-state index is 0.145. The molecule has 0 radical (unpaired) electrons. The minimum atomic E-state index is -2.45. The van der Waals surface area contributed by atoms with Crippen LogP contribution in [0.2, 0.25) is 0 Å². The summed E-state index contributed by atoms with van der Waals surface area (Å²) in [7, 11) is 0. The third kappa shape index (κ3) is 3.50. The van der Waals surface area contributed by atoms with E-state index in [4.69, 9.17) is 5.26 Å². The molecular weight excluding hydrogens is 310 g/mol. The number of hydroxylamine groups is 1. The molecule has 2 aliphatic heterocycles. The summed E-state index contributed by atoms with van der Waals surface area (Å²) in [6, 6.07) is -0.304. The van der Waals surface area contributed by atoms with Gasteiger partial charge >= 0.3 is 0 Å². The summed E-state index contributed by atoms with van der Waals surface area (Å²) in [5, 5.41) is 18.2. The van der Waals surface area contributed by atoms with E-state index in [1.807, 2.05) is 6.92 Å². The molecule has 0 saturated carbocycles. The molecule has 2 N–H and O–H groups in total. The molecule has 0 aliphatic carbocycles. The van der Waals surface area contributed by atoms with Crippen LogP contribution in [0, 0.1) is 5.92 Å². The van der Waals surface area contributed by atoms with Crippen LogP contribution in [0.4, 0.5) is 0 Å². The van der Waals surface area contributed by atoms with E-state index < -0.39 is 17.3 Å². The Hall–Kier alpha value is -0.580. The van der Waals surface area contributed by atoms with Gasteiger partial charge in [-0.05, 0) is 26.7 Å². The van der Waals surface area contributed by atoms with Crippen molar-refractivity contribution < 1.29 is 23.8 Å². The third-order valence-electron chi connectivity index (χ3n) is 4.68. The Bertz CT molecular complexity index is 428. The number of nitrogens with zero attached hydrogens (tertiary/aromatic N) is 3. The lowest BCUT2D eigenvalue weighted by molar-refractivity contribution is -0.158. The number of carbonyl (C=O) groups excluding carboxylic acids is 1. The Morgan fingerprint density at radius 3 is 2.45 bits per heavy atom. The van der Waals surface area contributed by atoms with Crippen molar-refractivity contribution >= 4 is 17.2 Å². The second kappa shape index (κ2) is 7.33. The van der Waals surface area contributed by atoms with Crippen LogP contribution in [0.25, 0.3) is 0 Å². The maximum atomic E-state index is 12.5. The van der Waals surface area contributed by atoms with Gasteiger partial charge in [0.2, 0.25) is 5.91 Å². The van der Waals surface area contributed by atoms with Gasteiger partial charge in [-0.25, -0.2) is 9.47 Å². The highest BCUT2D eigenvalue weighted by Crippen LogP contribution is 2.29. The standard InChI is InChI=1S/C13H25N3O5S/c1-9(2)14-6-4-11(5-7-14)15-8-10(3)12(13(15)17)16(18)22(20)21-19/h9-12,18-19H,4-8H2,1-3H3. The highest BCUT2D eigenvalue weighted by atomic mass is 32.2. The highest BCUT2D eigenvalue weighted by molar-refractivity contribution is 7.77. The first-order valence-corrected chi connectivity index (χ1v) is 8.66. The Morgan fingerprint density at radius 2 is 1.95 bits per heavy atom. The van der Waals surface area contributed by atoms with Crippen molar-refractivity contribution in [3.05, 3.63) is 0 Å². The van der Waals surface area contributed by atoms with Gasteiger partial charge in [-0.3, -0.25) is 10.0 Å². The number of hydrogen-bond donors (Lipinski definition) is 2. The summed E-state index contributed by atoms with van der Waals surface area (Å²) in [4.78, 5) is 16.7. The van der Waals surface area contributed by atoms with Crippen molar-refractivity contribution in [2.45, 2.75) is 51.7 Å². The first-order valence-electron chi connectivity index (χ1n) is 7.63. The van der Waals surface area contributed by atoms with Gasteiger partial charge in [-0.1, -0.05) is 11.4 Å². The second-order valence-corrected chi connectivity index (χ2v) is 7.33. The summed E-state index contributed by atoms with van der Waals surface area (Å²) in [5.74, 6) is -0.455. The molecule has 3 unspecified atom stereocenters. The molecule has 22 heavy (non-hydrogen) atoms. The van der Waals surface area contributed by atoms with Gasteiger partial charge in [0, 0.05) is 37.6 Å². The number of rotatable bonds is 5. The van der Waals surface area contributed by atoms with E-state index in [0.29, 0.717) is 17.1 Å². The predicted molar refractivity (Wildman–Crippen MR) is 79.9 cm³/mol. The summed E-state index contributed by atoms with van der Waals surface area (Å²) >= 11 is -2.45. The van der Waals surface area contributed by atoms with Crippen molar-refractivity contribution in [1.29, 1.82) is 0 Å². The van der Waals surface area contributed by atoms with Crippen LogP contribution in [0.15, 0.2) is 0 Å². The average Bonchev–Trinajstić information content (AvgIpc) is 2.80. The molecule has 0 aromatic carbocycles. The molecule has 0 aromatic rings. The summed E-state index contributed by atoms with van der Waals surface area (Å²) in [6.07, 6.45) is 1.79. The molecule has 8 nitrogen and oxygen atoms in total. The van der Waals surface area contributed by atoms with Crippen molar-refractivity contribution in [3.8, 4) is 0 Å². The largest absolute Gasteiger partial charge is 0.338 e. The molecule has 1 amide bonds. The van der Waals surface area contributed by atoms with Crippen LogP contribution >= 0.6 is 0 Å². The highest BCUT2D eigenvalue weighted by Gasteiger charge is 2.46. The molecule has 2 rings (SSSR count). The van der Waals surface area contributed by atoms with Crippen LogP contribution in [0.3, 0.4) is 0 Å². The normalized spacial score (nSPS) is 29.8. The Morgan fingerprint density at radius 1 is 1.36 bits per heavy atom. The van der Waals surface area contributed by atoms with Gasteiger partial charge in [0.1, 0.15) is 6.04 Å². The number of hydrogen-bond acceptors (Lipinski definition) is 6. The molecular formula is C13H25N3O5S. The van der Waals surface area contributed by atoms with Crippen LogP contribution in [0.5, 0.6) is 0 Å². The van der Waals surface area contributed by atoms with Gasteiger partial charge in [-0.15, -0.1) is 4.33 Å². The topological polar surface area (TPSA) is 93.6 Å². The Balaban J connectivity index is 2.00. The fourth-order valence-electron chi connectivity index (χ4n) is 3.40. The van der Waals surface area contributed by atoms with Crippen molar-refractivity contribution in [3.63, 3.8) is 0 Å². The maximum absolute atomic E-state index is 12.5. The fraction of sp³-hybridized carbons (Fsp3) is 0.923. The van der Waals surface area contributed by atoms with Gasteiger partial charge in [0.05, 0.1) is 0 Å². The molecule has 0 spiro atoms. The quantitative estimate of drug-likeness (QED) is 0.560. The third-order valence-corrected chi connectivity index (χ3v) is 5.34. The smallest absolute Gasteiger partial charge is 0.290 e. The molecule has 2 saturated heterocycles. The monoisotopic (exact) mass is 335 g/mol.